The van der Waals surface area contributed by atoms with Gasteiger partial charge >= 0.3 is 0 Å². The van der Waals surface area contributed by atoms with Crippen molar-refractivity contribution in [3.05, 3.63) is 139 Å². The molecular formula is C43H26N2O. The molecule has 214 valence electrons. The Bertz CT molecular complexity index is 2900. The zero-order valence-electron chi connectivity index (χ0n) is 24.9. The molecule has 1 aliphatic carbocycles. The minimum atomic E-state index is 0.936. The van der Waals surface area contributed by atoms with E-state index < -0.39 is 0 Å². The zero-order chi connectivity index (χ0) is 29.9. The summed E-state index contributed by atoms with van der Waals surface area (Å²) in [5.41, 5.74) is 9.04. The summed E-state index contributed by atoms with van der Waals surface area (Å²) in [4.78, 5) is 4.93. The molecule has 0 saturated heterocycles. The summed E-state index contributed by atoms with van der Waals surface area (Å²) in [6, 6.07) is 42.4. The summed E-state index contributed by atoms with van der Waals surface area (Å²) in [7, 11) is 0. The van der Waals surface area contributed by atoms with Crippen LogP contribution in [0, 0.1) is 0 Å². The van der Waals surface area contributed by atoms with Gasteiger partial charge in [-0.15, -0.1) is 0 Å². The molecule has 11 rings (SSSR count). The topological polar surface area (TPSA) is 31.0 Å². The number of nitrogens with zero attached hydrogens (tertiary/aromatic N) is 2. The van der Waals surface area contributed by atoms with Crippen LogP contribution in [-0.4, -0.2) is 9.55 Å². The number of hydrogen-bond acceptors (Lipinski definition) is 2. The number of aromatic nitrogens is 2. The number of rotatable bonds is 2. The molecule has 0 unspecified atom stereocenters. The first kappa shape index (κ1) is 24.4. The van der Waals surface area contributed by atoms with Crippen molar-refractivity contribution in [3.8, 4) is 16.8 Å². The predicted octanol–water partition coefficient (Wildman–Crippen LogP) is 11.6. The minimum absolute atomic E-state index is 0.936. The van der Waals surface area contributed by atoms with E-state index in [0.717, 1.165) is 51.8 Å². The van der Waals surface area contributed by atoms with Crippen LogP contribution in [0.5, 0.6) is 0 Å². The van der Waals surface area contributed by atoms with Crippen molar-refractivity contribution in [1.29, 1.82) is 0 Å². The third-order valence-corrected chi connectivity index (χ3v) is 10.3. The van der Waals surface area contributed by atoms with Crippen LogP contribution < -0.4 is 0 Å². The van der Waals surface area contributed by atoms with Gasteiger partial charge in [0.25, 0.3) is 0 Å². The molecule has 1 aliphatic rings. The van der Waals surface area contributed by atoms with Crippen molar-refractivity contribution < 1.29 is 4.42 Å². The van der Waals surface area contributed by atoms with Crippen molar-refractivity contribution in [2.24, 2.45) is 0 Å². The third kappa shape index (κ3) is 3.09. The first-order valence-electron chi connectivity index (χ1n) is 16.0. The van der Waals surface area contributed by atoms with Crippen LogP contribution in [0.4, 0.5) is 0 Å². The summed E-state index contributed by atoms with van der Waals surface area (Å²) in [6.45, 7) is 0. The maximum Gasteiger partial charge on any atom is 0.146 e. The van der Waals surface area contributed by atoms with Gasteiger partial charge < -0.3 is 8.98 Å². The Balaban J connectivity index is 1.21. The van der Waals surface area contributed by atoms with Crippen LogP contribution in [0.15, 0.2) is 132 Å². The molecule has 3 aromatic heterocycles. The van der Waals surface area contributed by atoms with Crippen molar-refractivity contribution in [1.82, 2.24) is 9.55 Å². The molecule has 0 aliphatic heterocycles. The Labute approximate surface area is 263 Å². The van der Waals surface area contributed by atoms with Crippen LogP contribution >= 0.6 is 0 Å². The van der Waals surface area contributed by atoms with Gasteiger partial charge in [-0.05, 0) is 98.1 Å². The highest BCUT2D eigenvalue weighted by molar-refractivity contribution is 6.26. The lowest BCUT2D eigenvalue weighted by atomic mass is 9.88. The maximum atomic E-state index is 6.57. The molecule has 0 fully saturated rings. The van der Waals surface area contributed by atoms with Gasteiger partial charge in [0.1, 0.15) is 16.9 Å². The van der Waals surface area contributed by atoms with Gasteiger partial charge in [-0.25, -0.2) is 0 Å². The van der Waals surface area contributed by atoms with E-state index in [0.29, 0.717) is 0 Å². The number of hydrogen-bond donors (Lipinski definition) is 0. The molecule has 3 heteroatoms. The largest absolute Gasteiger partial charge is 0.456 e. The normalized spacial score (nSPS) is 13.4. The summed E-state index contributed by atoms with van der Waals surface area (Å²) in [6.07, 6.45) is 8.28. The van der Waals surface area contributed by atoms with E-state index in [1.54, 1.807) is 0 Å². The molecule has 0 amide bonds. The highest BCUT2D eigenvalue weighted by atomic mass is 16.3. The van der Waals surface area contributed by atoms with Gasteiger partial charge in [0.15, 0.2) is 0 Å². The van der Waals surface area contributed by atoms with E-state index in [4.69, 9.17) is 9.40 Å². The average Bonchev–Trinajstić information content (AvgIpc) is 3.66. The van der Waals surface area contributed by atoms with Crippen molar-refractivity contribution in [3.63, 3.8) is 0 Å². The minimum Gasteiger partial charge on any atom is -0.456 e. The Morgan fingerprint density at radius 3 is 2.26 bits per heavy atom. The third-order valence-electron chi connectivity index (χ3n) is 10.3. The van der Waals surface area contributed by atoms with Gasteiger partial charge in [0, 0.05) is 22.5 Å². The van der Waals surface area contributed by atoms with Crippen molar-refractivity contribution >= 4 is 82.1 Å². The average molecular weight is 587 g/mol. The van der Waals surface area contributed by atoms with Gasteiger partial charge in [0.05, 0.1) is 22.1 Å². The fraction of sp³-hybridized carbons (Fsp3) is 0.0465. The maximum absolute atomic E-state index is 6.57. The molecule has 3 heterocycles. The summed E-state index contributed by atoms with van der Waals surface area (Å²) in [5, 5.41) is 12.5. The molecule has 7 aromatic carbocycles. The highest BCUT2D eigenvalue weighted by Crippen LogP contribution is 2.44. The molecule has 0 radical (unpaired) electrons. The second kappa shape index (κ2) is 8.83. The van der Waals surface area contributed by atoms with E-state index in [9.17, 15) is 0 Å². The van der Waals surface area contributed by atoms with E-state index in [1.807, 2.05) is 12.3 Å². The lowest BCUT2D eigenvalue weighted by molar-refractivity contribution is 0.598. The molecule has 10 aromatic rings. The Hall–Kier alpha value is -5.93. The number of furan rings is 1. The van der Waals surface area contributed by atoms with E-state index in [-0.39, 0.29) is 0 Å². The highest BCUT2D eigenvalue weighted by Gasteiger charge is 2.23. The van der Waals surface area contributed by atoms with E-state index in [2.05, 4.69) is 126 Å². The summed E-state index contributed by atoms with van der Waals surface area (Å²) >= 11 is 0. The monoisotopic (exact) mass is 586 g/mol. The zero-order valence-corrected chi connectivity index (χ0v) is 24.9. The Morgan fingerprint density at radius 1 is 0.565 bits per heavy atom. The number of pyridine rings is 1. The van der Waals surface area contributed by atoms with E-state index >= 15 is 0 Å². The molecule has 0 spiro atoms. The van der Waals surface area contributed by atoms with Gasteiger partial charge in [-0.2, -0.15) is 0 Å². The molecule has 0 atom stereocenters. The van der Waals surface area contributed by atoms with Crippen LogP contribution in [0.1, 0.15) is 17.7 Å². The van der Waals surface area contributed by atoms with Crippen LogP contribution in [0.25, 0.3) is 98.9 Å². The number of benzene rings is 7. The quantitative estimate of drug-likeness (QED) is 0.189. The fourth-order valence-electron chi connectivity index (χ4n) is 8.30. The van der Waals surface area contributed by atoms with Crippen molar-refractivity contribution in [2.75, 3.05) is 0 Å². The van der Waals surface area contributed by atoms with Crippen molar-refractivity contribution in [2.45, 2.75) is 12.8 Å². The number of fused-ring (bicyclic) bond motifs is 8. The summed E-state index contributed by atoms with van der Waals surface area (Å²) < 4.78 is 8.95. The molecule has 46 heavy (non-hydrogen) atoms. The lowest BCUT2D eigenvalue weighted by Crippen LogP contribution is -1.96. The number of allylic oxidation sites excluding steroid dienone is 1. The first-order chi connectivity index (χ1) is 22.8. The SMILES string of the molecule is C1=Cc2oc3c(ccc4c3c3ncccc3n4-c3cccc4c(-c5ccc6ccc7cccc8ccc5c6c78)cccc34)c2CC1. The second-order valence-electron chi connectivity index (χ2n) is 12.6. The molecule has 0 bridgehead atoms. The smallest absolute Gasteiger partial charge is 0.146 e. The lowest BCUT2D eigenvalue weighted by Gasteiger charge is -2.17. The van der Waals surface area contributed by atoms with Crippen LogP contribution in [0.3, 0.4) is 0 Å². The molecular weight excluding hydrogens is 560 g/mol. The van der Waals surface area contributed by atoms with Gasteiger partial charge in [0.2, 0.25) is 0 Å². The second-order valence-corrected chi connectivity index (χ2v) is 12.6. The van der Waals surface area contributed by atoms with Gasteiger partial charge in [-0.3, -0.25) is 4.98 Å². The number of aryl methyl sites for hydroxylation is 1. The molecule has 0 saturated carbocycles. The van der Waals surface area contributed by atoms with E-state index in [1.165, 1.54) is 65.2 Å². The van der Waals surface area contributed by atoms with Crippen LogP contribution in [-0.2, 0) is 6.42 Å². The van der Waals surface area contributed by atoms with Crippen LogP contribution in [0.2, 0.25) is 0 Å². The first-order valence-corrected chi connectivity index (χ1v) is 16.0. The molecule has 0 N–H and O–H groups in total. The molecule has 3 nitrogen and oxygen atoms in total. The fourth-order valence-corrected chi connectivity index (χ4v) is 8.30. The standard InChI is InChI=1S/C43H26N2O/c1-2-15-38-32(9-1)34-22-23-36-41(43(34)46-38)42-37(14-6-24-44-42)45(36)35-13-5-11-29-28(10-4-12-31(29)35)30-20-18-27-17-16-25-7-3-8-26-19-21-33(30)40(27)39(25)26/h2-8,10-24H,1,9H2. The summed E-state index contributed by atoms with van der Waals surface area (Å²) in [5.74, 6) is 0.980. The Morgan fingerprint density at radius 2 is 1.33 bits per heavy atom. The Kier molecular flexibility index (Phi) is 4.68. The van der Waals surface area contributed by atoms with Gasteiger partial charge in [-0.1, -0.05) is 91.0 Å². The predicted molar refractivity (Wildman–Crippen MR) is 192 cm³/mol.